The second kappa shape index (κ2) is 7.93. The minimum Gasteiger partial charge on any atom is -0.387 e. The molecule has 1 heterocycles. The van der Waals surface area contributed by atoms with E-state index < -0.39 is 33.9 Å². The third-order valence-corrected chi connectivity index (χ3v) is 5.90. The Hall–Kier alpha value is -0.680. The first-order valence-corrected chi connectivity index (χ1v) is 9.60. The van der Waals surface area contributed by atoms with Gasteiger partial charge in [-0.25, -0.2) is 0 Å². The van der Waals surface area contributed by atoms with Gasteiger partial charge in [0.1, 0.15) is 23.7 Å². The van der Waals surface area contributed by atoms with Gasteiger partial charge in [-0.05, 0) is 19.1 Å². The summed E-state index contributed by atoms with van der Waals surface area (Å²) < 4.78 is 34.6. The van der Waals surface area contributed by atoms with Crippen LogP contribution in [0.5, 0.6) is 0 Å². The Morgan fingerprint density at radius 2 is 1.91 bits per heavy atom. The average Bonchev–Trinajstić information content (AvgIpc) is 2.79. The SMILES string of the molecule is Cc1ccc(S(=O)(=O)OC[C@H]2O[C@@H](SCCN)[C@@H](O)[C@@H]2O)cc1. The molecule has 4 atom stereocenters. The summed E-state index contributed by atoms with van der Waals surface area (Å²) in [5.74, 6) is 0.559. The Kier molecular flexibility index (Phi) is 6.43. The Morgan fingerprint density at radius 1 is 1.26 bits per heavy atom. The van der Waals surface area contributed by atoms with Crippen LogP contribution in [0.1, 0.15) is 5.56 Å². The van der Waals surface area contributed by atoms with Gasteiger partial charge in [0.15, 0.2) is 0 Å². The lowest BCUT2D eigenvalue weighted by Gasteiger charge is -2.14. The molecule has 1 fully saturated rings. The second-order valence-electron chi connectivity index (χ2n) is 5.24. The van der Waals surface area contributed by atoms with Crippen molar-refractivity contribution in [3.05, 3.63) is 29.8 Å². The van der Waals surface area contributed by atoms with E-state index in [0.29, 0.717) is 12.3 Å². The van der Waals surface area contributed by atoms with E-state index in [1.54, 1.807) is 12.1 Å². The molecule has 1 aliphatic heterocycles. The molecule has 0 spiro atoms. The number of thioether (sulfide) groups is 1. The van der Waals surface area contributed by atoms with Gasteiger partial charge in [-0.1, -0.05) is 17.7 Å². The highest BCUT2D eigenvalue weighted by Crippen LogP contribution is 2.29. The molecule has 7 nitrogen and oxygen atoms in total. The molecule has 0 aliphatic carbocycles. The Labute approximate surface area is 139 Å². The molecule has 0 radical (unpaired) electrons. The van der Waals surface area contributed by atoms with Crippen LogP contribution < -0.4 is 5.73 Å². The zero-order valence-electron chi connectivity index (χ0n) is 12.7. The van der Waals surface area contributed by atoms with Crippen LogP contribution in [0, 0.1) is 6.92 Å². The van der Waals surface area contributed by atoms with Crippen molar-refractivity contribution in [2.24, 2.45) is 5.73 Å². The van der Waals surface area contributed by atoms with Gasteiger partial charge >= 0.3 is 0 Å². The maximum absolute atomic E-state index is 12.1. The molecule has 0 unspecified atom stereocenters. The van der Waals surface area contributed by atoms with Gasteiger partial charge < -0.3 is 20.7 Å². The van der Waals surface area contributed by atoms with Gasteiger partial charge in [-0.3, -0.25) is 4.18 Å². The highest BCUT2D eigenvalue weighted by atomic mass is 32.2. The molecule has 4 N–H and O–H groups in total. The molecular weight excluding hydrogens is 342 g/mol. The van der Waals surface area contributed by atoms with Crippen molar-refractivity contribution in [2.75, 3.05) is 18.9 Å². The molecule has 130 valence electrons. The largest absolute Gasteiger partial charge is 0.387 e. The smallest absolute Gasteiger partial charge is 0.297 e. The van der Waals surface area contributed by atoms with E-state index in [1.165, 1.54) is 23.9 Å². The molecule has 1 saturated heterocycles. The fraction of sp³-hybridized carbons (Fsp3) is 0.571. The van der Waals surface area contributed by atoms with Gasteiger partial charge in [0.05, 0.1) is 11.5 Å². The summed E-state index contributed by atoms with van der Waals surface area (Å²) >= 11 is 1.27. The van der Waals surface area contributed by atoms with Crippen molar-refractivity contribution in [3.63, 3.8) is 0 Å². The number of ether oxygens (including phenoxy) is 1. The first-order valence-electron chi connectivity index (χ1n) is 7.14. The number of aryl methyl sites for hydroxylation is 1. The van der Waals surface area contributed by atoms with Crippen LogP contribution in [0.2, 0.25) is 0 Å². The fourth-order valence-electron chi connectivity index (χ4n) is 2.10. The number of aliphatic hydroxyl groups is 2. The second-order valence-corrected chi connectivity index (χ2v) is 8.06. The highest BCUT2D eigenvalue weighted by molar-refractivity contribution is 7.99. The molecule has 1 aromatic carbocycles. The van der Waals surface area contributed by atoms with Crippen LogP contribution in [0.25, 0.3) is 0 Å². The van der Waals surface area contributed by atoms with Crippen molar-refractivity contribution in [2.45, 2.75) is 35.6 Å². The van der Waals surface area contributed by atoms with Gasteiger partial charge in [0, 0.05) is 12.3 Å². The molecule has 0 saturated carbocycles. The predicted molar refractivity (Wildman–Crippen MR) is 86.5 cm³/mol. The van der Waals surface area contributed by atoms with Crippen LogP contribution in [0.15, 0.2) is 29.2 Å². The Bertz CT molecular complexity index is 606. The summed E-state index contributed by atoms with van der Waals surface area (Å²) in [5.41, 5.74) is 5.67. The molecular formula is C14H21NO6S2. The molecule has 23 heavy (non-hydrogen) atoms. The summed E-state index contributed by atoms with van der Waals surface area (Å²) in [4.78, 5) is 0.0326. The average molecular weight is 363 g/mol. The van der Waals surface area contributed by atoms with Crippen molar-refractivity contribution in [1.29, 1.82) is 0 Å². The molecule has 2 rings (SSSR count). The summed E-state index contributed by atoms with van der Waals surface area (Å²) in [6, 6.07) is 6.23. The number of nitrogens with two attached hydrogens (primary N) is 1. The van der Waals surface area contributed by atoms with Crippen molar-refractivity contribution in [3.8, 4) is 0 Å². The summed E-state index contributed by atoms with van der Waals surface area (Å²) in [5, 5.41) is 19.8. The topological polar surface area (TPSA) is 119 Å². The van der Waals surface area contributed by atoms with E-state index in [-0.39, 0.29) is 11.5 Å². The molecule has 0 bridgehead atoms. The maximum atomic E-state index is 12.1. The van der Waals surface area contributed by atoms with Crippen LogP contribution >= 0.6 is 11.8 Å². The number of rotatable bonds is 7. The normalized spacial score (nSPS) is 28.2. The van der Waals surface area contributed by atoms with Gasteiger partial charge in [-0.2, -0.15) is 8.42 Å². The highest BCUT2D eigenvalue weighted by Gasteiger charge is 2.43. The quantitative estimate of drug-likeness (QED) is 0.572. The number of aliphatic hydroxyl groups excluding tert-OH is 2. The van der Waals surface area contributed by atoms with Gasteiger partial charge in [-0.15, -0.1) is 11.8 Å². The maximum Gasteiger partial charge on any atom is 0.297 e. The molecule has 1 aliphatic rings. The number of benzene rings is 1. The molecule has 0 amide bonds. The van der Waals surface area contributed by atoms with Gasteiger partial charge in [0.25, 0.3) is 10.1 Å². The Morgan fingerprint density at radius 3 is 2.52 bits per heavy atom. The van der Waals surface area contributed by atoms with E-state index in [9.17, 15) is 18.6 Å². The number of hydrogen-bond donors (Lipinski definition) is 3. The Balaban J connectivity index is 1.96. The zero-order valence-corrected chi connectivity index (χ0v) is 14.3. The van der Waals surface area contributed by atoms with Crippen LogP contribution in [-0.4, -0.2) is 61.3 Å². The molecule has 1 aromatic rings. The first-order chi connectivity index (χ1) is 10.8. The fourth-order valence-corrected chi connectivity index (χ4v) is 3.97. The van der Waals surface area contributed by atoms with Crippen LogP contribution in [0.3, 0.4) is 0 Å². The standard InChI is InChI=1S/C14H21NO6S2/c1-9-2-4-10(5-3-9)23(18,19)20-8-11-12(16)13(17)14(21-11)22-7-6-15/h2-5,11-14,16-17H,6-8,15H2,1H3/t11-,12-,13+,14+/m1/s1. The van der Waals surface area contributed by atoms with Gasteiger partial charge in [0.2, 0.25) is 0 Å². The van der Waals surface area contributed by atoms with E-state index in [4.69, 9.17) is 14.7 Å². The summed E-state index contributed by atoms with van der Waals surface area (Å²) in [6.45, 7) is 1.89. The molecule has 9 heteroatoms. The summed E-state index contributed by atoms with van der Waals surface area (Å²) in [7, 11) is -3.94. The minimum atomic E-state index is -3.94. The van der Waals surface area contributed by atoms with Crippen LogP contribution in [0.4, 0.5) is 0 Å². The lowest BCUT2D eigenvalue weighted by Crippen LogP contribution is -2.34. The van der Waals surface area contributed by atoms with E-state index >= 15 is 0 Å². The third-order valence-electron chi connectivity index (χ3n) is 3.42. The van der Waals surface area contributed by atoms with Crippen molar-refractivity contribution >= 4 is 21.9 Å². The predicted octanol–water partition coefficient (Wildman–Crippen LogP) is -0.161. The van der Waals surface area contributed by atoms with E-state index in [1.807, 2.05) is 6.92 Å². The van der Waals surface area contributed by atoms with Crippen molar-refractivity contribution in [1.82, 2.24) is 0 Å². The zero-order chi connectivity index (χ0) is 17.0. The summed E-state index contributed by atoms with van der Waals surface area (Å²) in [6.07, 6.45) is -3.23. The number of hydrogen-bond acceptors (Lipinski definition) is 8. The first kappa shape index (κ1) is 18.7. The molecule has 0 aromatic heterocycles. The van der Waals surface area contributed by atoms with Crippen molar-refractivity contribution < 1.29 is 27.6 Å². The van der Waals surface area contributed by atoms with E-state index in [2.05, 4.69) is 0 Å². The monoisotopic (exact) mass is 363 g/mol. The third kappa shape index (κ3) is 4.66. The minimum absolute atomic E-state index is 0.0326. The lowest BCUT2D eigenvalue weighted by molar-refractivity contribution is -0.000687. The lowest BCUT2D eigenvalue weighted by atomic mass is 10.2. The van der Waals surface area contributed by atoms with E-state index in [0.717, 1.165) is 5.56 Å². The van der Waals surface area contributed by atoms with Crippen LogP contribution in [-0.2, 0) is 19.0 Å².